The average Bonchev–Trinajstić information content (AvgIpc) is 3.29. The van der Waals surface area contributed by atoms with Crippen LogP contribution in [0.25, 0.3) is 0 Å². The summed E-state index contributed by atoms with van der Waals surface area (Å²) >= 11 is 6.02. The van der Waals surface area contributed by atoms with E-state index >= 15 is 0 Å². The fourth-order valence-electron chi connectivity index (χ4n) is 4.85. The number of rotatable bonds is 9. The highest BCUT2D eigenvalue weighted by molar-refractivity contribution is 6.30. The van der Waals surface area contributed by atoms with E-state index in [2.05, 4.69) is 20.1 Å². The molecular weight excluding hydrogens is 452 g/mol. The van der Waals surface area contributed by atoms with E-state index in [4.69, 9.17) is 16.3 Å². The standard InChI is InChI=1S/C26H33ClN4O3/c27-20-4-6-21(7-5-20)31-14-11-19(16-31)26(33)29-23(17-30-12-1-2-13-30)25(32)18-3-10-24(28-15-18)34-22-8-9-22/h3-7,10,15,19,22-23,25,32H,1-2,8-9,11-14,16-17H2,(H,29,33)/t19-,23-,25-/m1/s1. The predicted octanol–water partition coefficient (Wildman–Crippen LogP) is 3.42. The molecule has 1 aromatic carbocycles. The molecule has 3 atom stereocenters. The number of aromatic nitrogens is 1. The summed E-state index contributed by atoms with van der Waals surface area (Å²) in [5, 5.41) is 15.1. The van der Waals surface area contributed by atoms with Gasteiger partial charge in [-0.05, 0) is 75.5 Å². The van der Waals surface area contributed by atoms with Gasteiger partial charge in [-0.3, -0.25) is 4.79 Å². The molecule has 8 heteroatoms. The van der Waals surface area contributed by atoms with E-state index in [-0.39, 0.29) is 17.9 Å². The molecule has 0 spiro atoms. The maximum Gasteiger partial charge on any atom is 0.225 e. The van der Waals surface area contributed by atoms with Gasteiger partial charge >= 0.3 is 0 Å². The van der Waals surface area contributed by atoms with E-state index in [0.29, 0.717) is 29.6 Å². The van der Waals surface area contributed by atoms with Crippen LogP contribution in [0.15, 0.2) is 42.6 Å². The maximum absolute atomic E-state index is 13.3. The number of carbonyl (C=O) groups is 1. The summed E-state index contributed by atoms with van der Waals surface area (Å²) in [5.74, 6) is 0.476. The molecule has 0 bridgehead atoms. The fourth-order valence-corrected chi connectivity index (χ4v) is 4.98. The molecule has 1 aromatic heterocycles. The van der Waals surface area contributed by atoms with Gasteiger partial charge in [0, 0.05) is 48.2 Å². The minimum absolute atomic E-state index is 0.00126. The zero-order valence-electron chi connectivity index (χ0n) is 19.4. The quantitative estimate of drug-likeness (QED) is 0.568. The topological polar surface area (TPSA) is 77.9 Å². The number of nitrogens with one attached hydrogen (secondary N) is 1. The number of pyridine rings is 1. The molecule has 1 amide bonds. The SMILES string of the molecule is O=C(N[C@H](CN1CCCC1)[C@H](O)c1ccc(OC2CC2)nc1)[C@@H]1CCN(c2ccc(Cl)cc2)C1. The van der Waals surface area contributed by atoms with Crippen molar-refractivity contribution in [2.24, 2.45) is 5.92 Å². The van der Waals surface area contributed by atoms with E-state index in [9.17, 15) is 9.90 Å². The van der Waals surface area contributed by atoms with Crippen molar-refractivity contribution >= 4 is 23.2 Å². The Bertz CT molecular complexity index is 961. The molecule has 5 rings (SSSR count). The Labute approximate surface area is 206 Å². The average molecular weight is 485 g/mol. The van der Waals surface area contributed by atoms with Crippen molar-refractivity contribution in [3.05, 3.63) is 53.2 Å². The van der Waals surface area contributed by atoms with Gasteiger partial charge in [-0.1, -0.05) is 11.6 Å². The number of hydrogen-bond donors (Lipinski definition) is 2. The van der Waals surface area contributed by atoms with Gasteiger partial charge in [0.25, 0.3) is 0 Å². The van der Waals surface area contributed by atoms with Crippen LogP contribution in [0.1, 0.15) is 43.8 Å². The van der Waals surface area contributed by atoms with Gasteiger partial charge < -0.3 is 25.0 Å². The fraction of sp³-hybridized carbons (Fsp3) is 0.538. The normalized spacial score (nSPS) is 22.5. The first kappa shape index (κ1) is 23.4. The predicted molar refractivity (Wildman–Crippen MR) is 132 cm³/mol. The Kier molecular flexibility index (Phi) is 7.23. The monoisotopic (exact) mass is 484 g/mol. The van der Waals surface area contributed by atoms with E-state index < -0.39 is 12.1 Å². The number of ether oxygens (including phenoxy) is 1. The Morgan fingerprint density at radius 2 is 1.88 bits per heavy atom. The molecule has 2 N–H and O–H groups in total. The molecule has 0 unspecified atom stereocenters. The maximum atomic E-state index is 13.3. The molecule has 3 aliphatic rings. The summed E-state index contributed by atoms with van der Waals surface area (Å²) in [6, 6.07) is 11.0. The molecule has 2 aromatic rings. The number of aliphatic hydroxyl groups excluding tert-OH is 1. The third-order valence-corrected chi connectivity index (χ3v) is 7.28. The smallest absolute Gasteiger partial charge is 0.225 e. The Morgan fingerprint density at radius 1 is 1.12 bits per heavy atom. The Balaban J connectivity index is 1.23. The first-order valence-electron chi connectivity index (χ1n) is 12.4. The number of amides is 1. The van der Waals surface area contributed by atoms with Gasteiger partial charge in [0.05, 0.1) is 12.0 Å². The highest BCUT2D eigenvalue weighted by Crippen LogP contribution is 2.28. The lowest BCUT2D eigenvalue weighted by atomic mass is 10.0. The lowest BCUT2D eigenvalue weighted by Crippen LogP contribution is -2.48. The van der Waals surface area contributed by atoms with E-state index in [1.165, 1.54) is 0 Å². The van der Waals surface area contributed by atoms with Gasteiger partial charge in [0.1, 0.15) is 12.2 Å². The van der Waals surface area contributed by atoms with Gasteiger partial charge in [-0.15, -0.1) is 0 Å². The van der Waals surface area contributed by atoms with E-state index in [1.807, 2.05) is 36.4 Å². The van der Waals surface area contributed by atoms with Crippen LogP contribution in [0.2, 0.25) is 5.02 Å². The second kappa shape index (κ2) is 10.5. The molecular formula is C26H33ClN4O3. The second-order valence-electron chi connectivity index (χ2n) is 9.72. The van der Waals surface area contributed by atoms with Crippen molar-refractivity contribution in [3.8, 4) is 5.88 Å². The van der Waals surface area contributed by atoms with Crippen LogP contribution < -0.4 is 15.0 Å². The Hall–Kier alpha value is -2.35. The van der Waals surface area contributed by atoms with Crippen LogP contribution in [-0.2, 0) is 4.79 Å². The van der Waals surface area contributed by atoms with E-state index in [1.54, 1.807) is 6.20 Å². The summed E-state index contributed by atoms with van der Waals surface area (Å²) < 4.78 is 5.73. The number of benzene rings is 1. The van der Waals surface area contributed by atoms with Gasteiger partial charge in [-0.2, -0.15) is 0 Å². The largest absolute Gasteiger partial charge is 0.474 e. The summed E-state index contributed by atoms with van der Waals surface area (Å²) in [6.07, 6.45) is 6.37. The van der Waals surface area contributed by atoms with Crippen LogP contribution >= 0.6 is 11.6 Å². The Morgan fingerprint density at radius 3 is 2.56 bits per heavy atom. The van der Waals surface area contributed by atoms with Crippen molar-refractivity contribution in [2.75, 3.05) is 37.6 Å². The van der Waals surface area contributed by atoms with Gasteiger partial charge in [-0.25, -0.2) is 4.98 Å². The van der Waals surface area contributed by atoms with Crippen molar-refractivity contribution in [1.82, 2.24) is 15.2 Å². The molecule has 0 radical (unpaired) electrons. The number of likely N-dealkylation sites (tertiary alicyclic amines) is 1. The zero-order valence-corrected chi connectivity index (χ0v) is 20.2. The zero-order chi connectivity index (χ0) is 23.5. The molecule has 1 aliphatic carbocycles. The van der Waals surface area contributed by atoms with Crippen LogP contribution in [0, 0.1) is 5.92 Å². The van der Waals surface area contributed by atoms with Crippen molar-refractivity contribution in [3.63, 3.8) is 0 Å². The lowest BCUT2D eigenvalue weighted by molar-refractivity contribution is -0.126. The molecule has 1 saturated carbocycles. The summed E-state index contributed by atoms with van der Waals surface area (Å²) in [5.41, 5.74) is 1.77. The second-order valence-corrected chi connectivity index (χ2v) is 10.2. The molecule has 3 fully saturated rings. The number of nitrogens with zero attached hydrogens (tertiary/aromatic N) is 3. The van der Waals surface area contributed by atoms with Gasteiger partial charge in [0.2, 0.25) is 11.8 Å². The number of hydrogen-bond acceptors (Lipinski definition) is 6. The van der Waals surface area contributed by atoms with Crippen molar-refractivity contribution in [1.29, 1.82) is 0 Å². The first-order valence-corrected chi connectivity index (χ1v) is 12.8. The third kappa shape index (κ3) is 5.82. The molecule has 3 heterocycles. The first-order chi connectivity index (χ1) is 16.5. The molecule has 7 nitrogen and oxygen atoms in total. The number of carbonyl (C=O) groups excluding carboxylic acids is 1. The minimum atomic E-state index is -0.833. The van der Waals surface area contributed by atoms with Crippen LogP contribution in [0.5, 0.6) is 5.88 Å². The third-order valence-electron chi connectivity index (χ3n) is 7.03. The molecule has 182 valence electrons. The van der Waals surface area contributed by atoms with Crippen molar-refractivity contribution in [2.45, 2.75) is 50.4 Å². The lowest BCUT2D eigenvalue weighted by Gasteiger charge is -2.29. The van der Waals surface area contributed by atoms with Crippen LogP contribution in [0.3, 0.4) is 0 Å². The number of halogens is 1. The number of anilines is 1. The highest BCUT2D eigenvalue weighted by atomic mass is 35.5. The van der Waals surface area contributed by atoms with E-state index in [0.717, 1.165) is 57.4 Å². The van der Waals surface area contributed by atoms with Gasteiger partial charge in [0.15, 0.2) is 0 Å². The summed E-state index contributed by atoms with van der Waals surface area (Å²) in [7, 11) is 0. The summed E-state index contributed by atoms with van der Waals surface area (Å²) in [6.45, 7) is 4.11. The molecule has 2 aliphatic heterocycles. The summed E-state index contributed by atoms with van der Waals surface area (Å²) in [4.78, 5) is 22.2. The van der Waals surface area contributed by atoms with Crippen LogP contribution in [-0.4, -0.2) is 65.8 Å². The molecule has 34 heavy (non-hydrogen) atoms. The number of aliphatic hydroxyl groups is 1. The minimum Gasteiger partial charge on any atom is -0.474 e. The van der Waals surface area contributed by atoms with Crippen molar-refractivity contribution < 1.29 is 14.6 Å². The molecule has 2 saturated heterocycles. The highest BCUT2D eigenvalue weighted by Gasteiger charge is 2.33. The van der Waals surface area contributed by atoms with Crippen LogP contribution in [0.4, 0.5) is 5.69 Å².